The van der Waals surface area contributed by atoms with Gasteiger partial charge in [-0.15, -0.1) is 5.59 Å². The lowest BCUT2D eigenvalue weighted by molar-refractivity contribution is -0.0381. The van der Waals surface area contributed by atoms with Crippen LogP contribution in [0.15, 0.2) is 0 Å². The molecule has 0 radical (unpaired) electrons. The summed E-state index contributed by atoms with van der Waals surface area (Å²) in [6.07, 6.45) is 0. The molecule has 74 valence electrons. The summed E-state index contributed by atoms with van der Waals surface area (Å²) in [4.78, 5) is 4.75. The van der Waals surface area contributed by atoms with Gasteiger partial charge in [0.15, 0.2) is 0 Å². The van der Waals surface area contributed by atoms with Crippen LogP contribution in [0.5, 0.6) is 0 Å². The Morgan fingerprint density at radius 2 is 1.67 bits per heavy atom. The van der Waals surface area contributed by atoms with E-state index in [0.717, 1.165) is 0 Å². The van der Waals surface area contributed by atoms with Crippen LogP contribution in [-0.2, 0) is 14.3 Å². The van der Waals surface area contributed by atoms with Crippen LogP contribution in [0.1, 0.15) is 0 Å². The summed E-state index contributed by atoms with van der Waals surface area (Å²) < 4.78 is 9.81. The fourth-order valence-corrected chi connectivity index (χ4v) is 0.885. The lowest BCUT2D eigenvalue weighted by Gasteiger charge is -2.26. The molecule has 12 heavy (non-hydrogen) atoms. The lowest BCUT2D eigenvalue weighted by atomic mass is 10.1. The SMILES string of the molecule is COCC(N)(COC)CONN. The van der Waals surface area contributed by atoms with E-state index in [0.29, 0.717) is 13.2 Å². The Hall–Kier alpha value is -0.240. The molecule has 0 fully saturated rings. The highest BCUT2D eigenvalue weighted by Crippen LogP contribution is 2.01. The van der Waals surface area contributed by atoms with E-state index in [1.54, 1.807) is 14.2 Å². The van der Waals surface area contributed by atoms with Crippen LogP contribution in [0.25, 0.3) is 0 Å². The van der Waals surface area contributed by atoms with Crippen molar-refractivity contribution in [3.8, 4) is 0 Å². The molecule has 6 nitrogen and oxygen atoms in total. The maximum Gasteiger partial charge on any atom is 0.0923 e. The molecular weight excluding hydrogens is 162 g/mol. The predicted molar refractivity (Wildman–Crippen MR) is 43.9 cm³/mol. The molecule has 6 heteroatoms. The molecule has 0 aromatic heterocycles. The van der Waals surface area contributed by atoms with Gasteiger partial charge in [-0.25, -0.2) is 5.84 Å². The van der Waals surface area contributed by atoms with Crippen molar-refractivity contribution in [2.45, 2.75) is 5.54 Å². The Kier molecular flexibility index (Phi) is 6.17. The Balaban J connectivity index is 3.80. The van der Waals surface area contributed by atoms with E-state index in [1.165, 1.54) is 0 Å². The van der Waals surface area contributed by atoms with Gasteiger partial charge in [-0.2, -0.15) is 0 Å². The van der Waals surface area contributed by atoms with Crippen LogP contribution in [0.4, 0.5) is 0 Å². The topological polar surface area (TPSA) is 91.8 Å². The van der Waals surface area contributed by atoms with Gasteiger partial charge >= 0.3 is 0 Å². The summed E-state index contributed by atoms with van der Waals surface area (Å²) in [7, 11) is 3.13. The first-order valence-corrected chi connectivity index (χ1v) is 3.52. The summed E-state index contributed by atoms with van der Waals surface area (Å²) in [6, 6.07) is 0. The molecule has 0 rings (SSSR count). The summed E-state index contributed by atoms with van der Waals surface area (Å²) in [6.45, 7) is 0.927. The van der Waals surface area contributed by atoms with Crippen molar-refractivity contribution in [3.63, 3.8) is 0 Å². The second kappa shape index (κ2) is 6.30. The van der Waals surface area contributed by atoms with Crippen LogP contribution in [0.3, 0.4) is 0 Å². The Morgan fingerprint density at radius 3 is 2.00 bits per heavy atom. The van der Waals surface area contributed by atoms with Gasteiger partial charge in [-0.1, -0.05) is 0 Å². The molecule has 0 saturated carbocycles. The maximum atomic E-state index is 5.83. The van der Waals surface area contributed by atoms with E-state index in [2.05, 4.69) is 0 Å². The molecule has 0 aromatic carbocycles. The van der Waals surface area contributed by atoms with Gasteiger partial charge in [0.25, 0.3) is 0 Å². The van der Waals surface area contributed by atoms with Crippen molar-refractivity contribution in [1.82, 2.24) is 5.59 Å². The van der Waals surface area contributed by atoms with E-state index in [4.69, 9.17) is 25.9 Å². The molecule has 0 amide bonds. The van der Waals surface area contributed by atoms with E-state index in [9.17, 15) is 0 Å². The number of ether oxygens (including phenoxy) is 2. The van der Waals surface area contributed by atoms with Crippen LogP contribution < -0.4 is 17.2 Å². The highest BCUT2D eigenvalue weighted by atomic mass is 16.7. The van der Waals surface area contributed by atoms with Crippen LogP contribution in [0, 0.1) is 0 Å². The first-order chi connectivity index (χ1) is 5.68. The van der Waals surface area contributed by atoms with Gasteiger partial charge in [0, 0.05) is 14.2 Å². The van der Waals surface area contributed by atoms with Crippen LogP contribution in [0.2, 0.25) is 0 Å². The monoisotopic (exact) mass is 179 g/mol. The lowest BCUT2D eigenvalue weighted by Crippen LogP contribution is -2.53. The molecule has 0 aliphatic carbocycles. The molecule has 0 unspecified atom stereocenters. The van der Waals surface area contributed by atoms with Crippen molar-refractivity contribution in [2.75, 3.05) is 34.0 Å². The Morgan fingerprint density at radius 1 is 1.17 bits per heavy atom. The molecule has 0 saturated heterocycles. The third kappa shape index (κ3) is 4.60. The minimum absolute atomic E-state index is 0.227. The zero-order valence-corrected chi connectivity index (χ0v) is 7.50. The third-order valence-corrected chi connectivity index (χ3v) is 1.31. The van der Waals surface area contributed by atoms with E-state index < -0.39 is 5.54 Å². The average Bonchev–Trinajstić information content (AvgIpc) is 2.02. The summed E-state index contributed by atoms with van der Waals surface area (Å²) >= 11 is 0. The number of nitrogens with one attached hydrogen (secondary N) is 1. The highest BCUT2D eigenvalue weighted by molar-refractivity contribution is 4.83. The summed E-state index contributed by atoms with van der Waals surface area (Å²) in [5.74, 6) is 4.92. The van der Waals surface area contributed by atoms with Crippen molar-refractivity contribution in [2.24, 2.45) is 11.6 Å². The molecule has 0 heterocycles. The van der Waals surface area contributed by atoms with Gasteiger partial charge in [0.05, 0.1) is 25.4 Å². The Labute approximate surface area is 72.1 Å². The number of rotatable bonds is 7. The van der Waals surface area contributed by atoms with Gasteiger partial charge in [0.1, 0.15) is 0 Å². The largest absolute Gasteiger partial charge is 0.383 e. The molecule has 0 bridgehead atoms. The van der Waals surface area contributed by atoms with Gasteiger partial charge < -0.3 is 15.2 Å². The molecule has 5 N–H and O–H groups in total. The first-order valence-electron chi connectivity index (χ1n) is 3.52. The predicted octanol–water partition coefficient (Wildman–Crippen LogP) is -1.63. The van der Waals surface area contributed by atoms with Crippen LogP contribution in [-0.4, -0.2) is 39.6 Å². The molecule has 0 atom stereocenters. The molecule has 0 aliphatic heterocycles. The molecule has 0 aromatic rings. The normalized spacial score (nSPS) is 12.0. The van der Waals surface area contributed by atoms with E-state index >= 15 is 0 Å². The number of methoxy groups -OCH3 is 2. The number of nitrogens with two attached hydrogens (primary N) is 2. The number of hydrogen-bond donors (Lipinski definition) is 3. The average molecular weight is 179 g/mol. The summed E-state index contributed by atoms with van der Waals surface area (Å²) in [5, 5.41) is 0. The fourth-order valence-electron chi connectivity index (χ4n) is 0.885. The van der Waals surface area contributed by atoms with Crippen molar-refractivity contribution in [1.29, 1.82) is 0 Å². The smallest absolute Gasteiger partial charge is 0.0923 e. The quantitative estimate of drug-likeness (QED) is 0.321. The molecule has 0 spiro atoms. The molecular formula is C6H17N3O3. The van der Waals surface area contributed by atoms with Crippen LogP contribution >= 0.6 is 0 Å². The second-order valence-electron chi connectivity index (χ2n) is 2.63. The Bertz CT molecular complexity index is 106. The van der Waals surface area contributed by atoms with Gasteiger partial charge in [-0.05, 0) is 0 Å². The number of hydrogen-bond acceptors (Lipinski definition) is 6. The van der Waals surface area contributed by atoms with Crippen molar-refractivity contribution >= 4 is 0 Å². The zero-order chi connectivity index (χ0) is 9.45. The minimum Gasteiger partial charge on any atom is -0.383 e. The van der Waals surface area contributed by atoms with E-state index in [-0.39, 0.29) is 6.61 Å². The standard InChI is InChI=1S/C6H17N3O3/c1-10-3-6(7,4-11-2)5-12-9-8/h9H,3-5,7-8H2,1-2H3. The van der Waals surface area contributed by atoms with Gasteiger partial charge in [0.2, 0.25) is 0 Å². The van der Waals surface area contributed by atoms with Crippen molar-refractivity contribution in [3.05, 3.63) is 0 Å². The number of hydrazine groups is 1. The molecule has 0 aliphatic rings. The minimum atomic E-state index is -0.657. The third-order valence-electron chi connectivity index (χ3n) is 1.31. The first kappa shape index (κ1) is 11.8. The fraction of sp³-hybridized carbons (Fsp3) is 1.00. The maximum absolute atomic E-state index is 5.83. The second-order valence-corrected chi connectivity index (χ2v) is 2.63. The van der Waals surface area contributed by atoms with Crippen molar-refractivity contribution < 1.29 is 14.3 Å². The van der Waals surface area contributed by atoms with E-state index in [1.807, 2.05) is 5.59 Å². The highest BCUT2D eigenvalue weighted by Gasteiger charge is 2.25. The zero-order valence-electron chi connectivity index (χ0n) is 7.50. The summed E-state index contributed by atoms with van der Waals surface area (Å²) in [5.41, 5.74) is 7.23. The van der Waals surface area contributed by atoms with Gasteiger partial charge in [-0.3, -0.25) is 4.84 Å².